The Bertz CT molecular complexity index is 788. The molecule has 0 saturated carbocycles. The van der Waals surface area contributed by atoms with E-state index in [-0.39, 0.29) is 17.5 Å². The first kappa shape index (κ1) is 22.1. The number of amides is 1. The molecule has 2 rings (SSSR count). The Morgan fingerprint density at radius 1 is 1.11 bits per heavy atom. The number of carbonyl (C=O) groups excluding carboxylic acids is 1. The van der Waals surface area contributed by atoms with Gasteiger partial charge in [-0.1, -0.05) is 57.2 Å². The Balaban J connectivity index is 1.85. The lowest BCUT2D eigenvalue weighted by Crippen LogP contribution is -2.41. The third-order valence-electron chi connectivity index (χ3n) is 5.15. The highest BCUT2D eigenvalue weighted by Gasteiger charge is 2.36. The highest BCUT2D eigenvalue weighted by atomic mass is 28.4. The van der Waals surface area contributed by atoms with Crippen LogP contribution in [0.1, 0.15) is 31.9 Å². The average Bonchev–Trinajstić information content (AvgIpc) is 2.62. The smallest absolute Gasteiger partial charge is 0.411 e. The third kappa shape index (κ3) is 6.46. The molecular weight excluding hydrogens is 373 g/mol. The molecule has 0 bridgehead atoms. The molecule has 2 aromatic rings. The molecule has 0 fully saturated rings. The van der Waals surface area contributed by atoms with Gasteiger partial charge in [0.1, 0.15) is 12.4 Å². The van der Waals surface area contributed by atoms with E-state index in [1.165, 1.54) is 6.07 Å². The van der Waals surface area contributed by atoms with E-state index in [9.17, 15) is 9.18 Å². The van der Waals surface area contributed by atoms with Crippen LogP contribution in [0.15, 0.2) is 48.5 Å². The minimum atomic E-state index is -1.84. The lowest BCUT2D eigenvalue weighted by molar-refractivity contribution is 0.155. The molecule has 0 aliphatic carbocycles. The third-order valence-corrected chi connectivity index (χ3v) is 9.69. The van der Waals surface area contributed by atoms with Crippen molar-refractivity contribution < 1.29 is 18.3 Å². The zero-order valence-electron chi connectivity index (χ0n) is 17.3. The van der Waals surface area contributed by atoms with Gasteiger partial charge >= 0.3 is 6.09 Å². The van der Waals surface area contributed by atoms with Gasteiger partial charge in [0.2, 0.25) is 0 Å². The SMILES string of the molecule is CC(C)(C)[Si](C)(C)OCCc1ccc(NC(=O)OCc2ccccc2)cc1F. The predicted molar refractivity (Wildman–Crippen MR) is 114 cm³/mol. The second kappa shape index (κ2) is 9.34. The highest BCUT2D eigenvalue weighted by Crippen LogP contribution is 2.36. The normalized spacial score (nSPS) is 11.9. The number of ether oxygens (including phenoxy) is 1. The summed E-state index contributed by atoms with van der Waals surface area (Å²) in [5, 5.41) is 2.68. The zero-order chi connectivity index (χ0) is 20.8. The van der Waals surface area contributed by atoms with Crippen LogP contribution in [0.2, 0.25) is 18.1 Å². The van der Waals surface area contributed by atoms with Gasteiger partial charge in [-0.25, -0.2) is 9.18 Å². The van der Waals surface area contributed by atoms with Gasteiger partial charge in [0.05, 0.1) is 0 Å². The number of nitrogens with one attached hydrogen (secondary N) is 1. The first-order valence-electron chi connectivity index (χ1n) is 9.48. The summed E-state index contributed by atoms with van der Waals surface area (Å²) in [4.78, 5) is 11.9. The van der Waals surface area contributed by atoms with Gasteiger partial charge < -0.3 is 9.16 Å². The van der Waals surface area contributed by atoms with Crippen molar-refractivity contribution in [2.45, 2.75) is 51.9 Å². The molecule has 1 N–H and O–H groups in total. The van der Waals surface area contributed by atoms with Crippen LogP contribution in [0.3, 0.4) is 0 Å². The van der Waals surface area contributed by atoms with E-state index >= 15 is 0 Å². The van der Waals surface area contributed by atoms with Crippen molar-refractivity contribution in [1.29, 1.82) is 0 Å². The van der Waals surface area contributed by atoms with E-state index in [0.29, 0.717) is 24.3 Å². The van der Waals surface area contributed by atoms with Gasteiger partial charge in [-0.3, -0.25) is 5.32 Å². The van der Waals surface area contributed by atoms with Gasteiger partial charge in [-0.15, -0.1) is 0 Å². The summed E-state index contributed by atoms with van der Waals surface area (Å²) in [6.07, 6.45) is -0.117. The van der Waals surface area contributed by atoms with E-state index in [4.69, 9.17) is 9.16 Å². The summed E-state index contributed by atoms with van der Waals surface area (Å²) in [6.45, 7) is 11.5. The molecule has 2 aromatic carbocycles. The Kier molecular flexibility index (Phi) is 7.38. The number of rotatable bonds is 7. The fraction of sp³-hybridized carbons (Fsp3) is 0.409. The Hall–Kier alpha value is -2.18. The fourth-order valence-corrected chi connectivity index (χ4v) is 3.38. The minimum absolute atomic E-state index is 0.124. The molecule has 4 nitrogen and oxygen atoms in total. The standard InChI is InChI=1S/C22H30FNO3Si/c1-22(2,3)28(4,5)27-14-13-18-11-12-19(15-20(18)23)24-21(25)26-16-17-9-7-6-8-10-17/h6-12,15H,13-14,16H2,1-5H3,(H,24,25). The van der Waals surface area contributed by atoms with Crippen molar-refractivity contribution in [3.05, 3.63) is 65.5 Å². The van der Waals surface area contributed by atoms with E-state index in [1.54, 1.807) is 12.1 Å². The van der Waals surface area contributed by atoms with Crippen LogP contribution >= 0.6 is 0 Å². The van der Waals surface area contributed by atoms with Crippen LogP contribution in [0.5, 0.6) is 0 Å². The molecule has 0 aliphatic rings. The van der Waals surface area contributed by atoms with Crippen molar-refractivity contribution in [2.24, 2.45) is 0 Å². The summed E-state index contributed by atoms with van der Waals surface area (Å²) in [7, 11) is -1.84. The molecule has 0 aliphatic heterocycles. The van der Waals surface area contributed by atoms with Gasteiger partial charge in [0.25, 0.3) is 0 Å². The number of benzene rings is 2. The molecule has 0 unspecified atom stereocenters. The second-order valence-electron chi connectivity index (χ2n) is 8.35. The number of halogens is 1. The van der Waals surface area contributed by atoms with Gasteiger partial charge in [-0.2, -0.15) is 0 Å². The van der Waals surface area contributed by atoms with E-state index in [0.717, 1.165) is 5.56 Å². The Morgan fingerprint density at radius 2 is 1.79 bits per heavy atom. The quantitative estimate of drug-likeness (QED) is 0.565. The van der Waals surface area contributed by atoms with Crippen LogP contribution in [0, 0.1) is 5.82 Å². The molecular formula is C22H30FNO3Si. The van der Waals surface area contributed by atoms with Crippen LogP contribution < -0.4 is 5.32 Å². The molecule has 0 spiro atoms. The van der Waals surface area contributed by atoms with Crippen LogP contribution in [-0.2, 0) is 22.2 Å². The number of carbonyl (C=O) groups is 1. The molecule has 0 saturated heterocycles. The topological polar surface area (TPSA) is 47.6 Å². The van der Waals surface area contributed by atoms with E-state index < -0.39 is 14.4 Å². The number of hydrogen-bond donors (Lipinski definition) is 1. The average molecular weight is 404 g/mol. The highest BCUT2D eigenvalue weighted by molar-refractivity contribution is 6.74. The van der Waals surface area contributed by atoms with Gasteiger partial charge in [0, 0.05) is 12.3 Å². The summed E-state index contributed by atoms with van der Waals surface area (Å²) >= 11 is 0. The molecule has 0 aromatic heterocycles. The van der Waals surface area contributed by atoms with Crippen molar-refractivity contribution >= 4 is 20.1 Å². The van der Waals surface area contributed by atoms with Gasteiger partial charge in [-0.05, 0) is 47.8 Å². The lowest BCUT2D eigenvalue weighted by Gasteiger charge is -2.36. The maximum absolute atomic E-state index is 14.4. The lowest BCUT2D eigenvalue weighted by atomic mass is 10.1. The van der Waals surface area contributed by atoms with Crippen LogP contribution in [-0.4, -0.2) is 21.0 Å². The molecule has 0 radical (unpaired) electrons. The summed E-state index contributed by atoms with van der Waals surface area (Å²) in [6, 6.07) is 14.0. The maximum atomic E-state index is 14.4. The first-order chi connectivity index (χ1) is 13.1. The second-order valence-corrected chi connectivity index (χ2v) is 13.2. The van der Waals surface area contributed by atoms with Crippen molar-refractivity contribution in [3.8, 4) is 0 Å². The minimum Gasteiger partial charge on any atom is -0.444 e. The van der Waals surface area contributed by atoms with Crippen LogP contribution in [0.4, 0.5) is 14.9 Å². The van der Waals surface area contributed by atoms with E-state index in [1.807, 2.05) is 30.3 Å². The molecule has 152 valence electrons. The summed E-state index contributed by atoms with van der Waals surface area (Å²) in [5.41, 5.74) is 1.83. The Labute approximate surface area is 168 Å². The summed E-state index contributed by atoms with van der Waals surface area (Å²) < 4.78 is 25.6. The van der Waals surface area contributed by atoms with Crippen molar-refractivity contribution in [2.75, 3.05) is 11.9 Å². The fourth-order valence-electron chi connectivity index (χ4n) is 2.34. The monoisotopic (exact) mass is 403 g/mol. The molecule has 0 atom stereocenters. The van der Waals surface area contributed by atoms with Gasteiger partial charge in [0.15, 0.2) is 8.32 Å². The molecule has 28 heavy (non-hydrogen) atoms. The largest absolute Gasteiger partial charge is 0.444 e. The summed E-state index contributed by atoms with van der Waals surface area (Å²) in [5.74, 6) is -0.361. The number of anilines is 1. The molecule has 0 heterocycles. The first-order valence-corrected chi connectivity index (χ1v) is 12.4. The number of hydrogen-bond acceptors (Lipinski definition) is 3. The van der Waals surface area contributed by atoms with Crippen molar-refractivity contribution in [1.82, 2.24) is 0 Å². The predicted octanol–water partition coefficient (Wildman–Crippen LogP) is 6.14. The zero-order valence-corrected chi connectivity index (χ0v) is 18.3. The maximum Gasteiger partial charge on any atom is 0.411 e. The van der Waals surface area contributed by atoms with Crippen LogP contribution in [0.25, 0.3) is 0 Å². The van der Waals surface area contributed by atoms with E-state index in [2.05, 4.69) is 39.2 Å². The molecule has 6 heteroatoms. The Morgan fingerprint density at radius 3 is 2.39 bits per heavy atom. The molecule has 1 amide bonds. The van der Waals surface area contributed by atoms with Crippen molar-refractivity contribution in [3.63, 3.8) is 0 Å².